The van der Waals surface area contributed by atoms with Crippen LogP contribution in [0.4, 0.5) is 4.39 Å². The maximum Gasteiger partial charge on any atom is 0.267 e. The maximum absolute atomic E-state index is 14.0. The summed E-state index contributed by atoms with van der Waals surface area (Å²) >= 11 is 6.87. The number of aromatic nitrogens is 2. The molecule has 8 heteroatoms. The number of aromatic hydroxyl groups is 2. The Kier molecular flexibility index (Phi) is 3.30. The van der Waals surface area contributed by atoms with Gasteiger partial charge in [0.15, 0.2) is 0 Å². The molecule has 0 atom stereocenters. The van der Waals surface area contributed by atoms with E-state index in [0.717, 1.165) is 11.3 Å². The van der Waals surface area contributed by atoms with Crippen LogP contribution in [0.2, 0.25) is 5.02 Å². The highest BCUT2D eigenvalue weighted by Crippen LogP contribution is 2.43. The molecule has 2 heterocycles. The minimum atomic E-state index is -0.554. The Morgan fingerprint density at radius 3 is 2.67 bits per heavy atom. The second kappa shape index (κ2) is 5.01. The van der Waals surface area contributed by atoms with Crippen molar-refractivity contribution in [2.45, 2.75) is 6.92 Å². The molecule has 0 aliphatic rings. The zero-order valence-corrected chi connectivity index (χ0v) is 12.2. The van der Waals surface area contributed by atoms with E-state index >= 15 is 0 Å². The summed E-state index contributed by atoms with van der Waals surface area (Å²) in [6, 6.07) is 4.27. The first-order chi connectivity index (χ1) is 9.99. The van der Waals surface area contributed by atoms with E-state index in [4.69, 9.17) is 16.1 Å². The smallest absolute Gasteiger partial charge is 0.267 e. The van der Waals surface area contributed by atoms with Crippen LogP contribution in [0.15, 0.2) is 22.7 Å². The van der Waals surface area contributed by atoms with Gasteiger partial charge < -0.3 is 14.7 Å². The van der Waals surface area contributed by atoms with E-state index < -0.39 is 11.7 Å². The summed E-state index contributed by atoms with van der Waals surface area (Å²) in [5, 5.41) is 22.8. The topological polar surface area (TPSA) is 79.4 Å². The van der Waals surface area contributed by atoms with Crippen LogP contribution in [0.1, 0.15) is 5.76 Å². The number of thiazole rings is 1. The molecule has 2 N–H and O–H groups in total. The lowest BCUT2D eigenvalue weighted by Gasteiger charge is -2.03. The lowest BCUT2D eigenvalue weighted by atomic mass is 10.1. The summed E-state index contributed by atoms with van der Waals surface area (Å²) in [7, 11) is 0. The Morgan fingerprint density at radius 1 is 1.29 bits per heavy atom. The lowest BCUT2D eigenvalue weighted by Crippen LogP contribution is -1.89. The minimum absolute atomic E-state index is 0.0835. The van der Waals surface area contributed by atoms with E-state index in [2.05, 4.69) is 10.1 Å². The van der Waals surface area contributed by atoms with E-state index in [0.29, 0.717) is 11.3 Å². The summed E-state index contributed by atoms with van der Waals surface area (Å²) in [5.41, 5.74) is 0.632. The standard InChI is InChI=1S/C13H8ClFN2O3S/c1-5-8(12-16-11(18)13(19)21-12)10(17-20-5)9-6(14)3-2-4-7(9)15/h2-4,18-19H,1H3. The van der Waals surface area contributed by atoms with E-state index in [1.54, 1.807) is 6.92 Å². The Balaban J connectivity index is 2.27. The Labute approximate surface area is 127 Å². The quantitative estimate of drug-likeness (QED) is 0.744. The predicted octanol–water partition coefficient (Wildman–Crippen LogP) is 3.98. The number of hydrogen-bond donors (Lipinski definition) is 2. The number of nitrogens with zero attached hydrogens (tertiary/aromatic N) is 2. The van der Waals surface area contributed by atoms with Gasteiger partial charge in [0.05, 0.1) is 16.1 Å². The number of rotatable bonds is 2. The summed E-state index contributed by atoms with van der Waals surface area (Å²) < 4.78 is 19.1. The van der Waals surface area contributed by atoms with Crippen molar-refractivity contribution in [1.29, 1.82) is 0 Å². The van der Waals surface area contributed by atoms with Crippen molar-refractivity contribution in [1.82, 2.24) is 10.1 Å². The second-order valence-corrected chi connectivity index (χ2v) is 5.59. The largest absolute Gasteiger partial charge is 0.496 e. The Bertz CT molecular complexity index is 791. The SMILES string of the molecule is Cc1onc(-c2c(F)cccc2Cl)c1-c1nc(O)c(O)s1. The summed E-state index contributed by atoms with van der Waals surface area (Å²) in [4.78, 5) is 3.82. The zero-order valence-electron chi connectivity index (χ0n) is 10.6. The van der Waals surface area contributed by atoms with Crippen LogP contribution in [-0.2, 0) is 0 Å². The third-order valence-corrected chi connectivity index (χ3v) is 4.05. The molecule has 0 aliphatic carbocycles. The molecule has 0 unspecified atom stereocenters. The van der Waals surface area contributed by atoms with Gasteiger partial charge in [0.2, 0.25) is 5.06 Å². The monoisotopic (exact) mass is 326 g/mol. The first-order valence-corrected chi connectivity index (χ1v) is 6.98. The van der Waals surface area contributed by atoms with E-state index in [-0.39, 0.29) is 26.4 Å². The third kappa shape index (κ3) is 2.24. The fourth-order valence-electron chi connectivity index (χ4n) is 1.93. The van der Waals surface area contributed by atoms with Crippen molar-refractivity contribution in [3.8, 4) is 32.8 Å². The number of aryl methyl sites for hydroxylation is 1. The van der Waals surface area contributed by atoms with Crippen molar-refractivity contribution in [2.75, 3.05) is 0 Å². The summed E-state index contributed by atoms with van der Waals surface area (Å²) in [6.07, 6.45) is 0. The highest BCUT2D eigenvalue weighted by molar-refractivity contribution is 7.17. The molecule has 0 saturated carbocycles. The van der Waals surface area contributed by atoms with Crippen LogP contribution in [-0.4, -0.2) is 20.4 Å². The molecule has 0 spiro atoms. The fraction of sp³-hybridized carbons (Fsp3) is 0.0769. The molecular weight excluding hydrogens is 319 g/mol. The summed E-state index contributed by atoms with van der Waals surface area (Å²) in [6.45, 7) is 1.62. The number of halogens is 2. The van der Waals surface area contributed by atoms with Crippen LogP contribution in [0.3, 0.4) is 0 Å². The molecule has 5 nitrogen and oxygen atoms in total. The van der Waals surface area contributed by atoms with Crippen molar-refractivity contribution < 1.29 is 19.1 Å². The average Bonchev–Trinajstić information content (AvgIpc) is 2.94. The van der Waals surface area contributed by atoms with Gasteiger partial charge in [-0.3, -0.25) is 0 Å². The van der Waals surface area contributed by atoms with Gasteiger partial charge in [-0.05, 0) is 19.1 Å². The molecule has 108 valence electrons. The van der Waals surface area contributed by atoms with Crippen molar-refractivity contribution in [3.05, 3.63) is 34.8 Å². The molecule has 0 saturated heterocycles. The number of benzene rings is 1. The Morgan fingerprint density at radius 2 is 2.05 bits per heavy atom. The zero-order chi connectivity index (χ0) is 15.1. The van der Waals surface area contributed by atoms with Crippen LogP contribution >= 0.6 is 22.9 Å². The third-order valence-electron chi connectivity index (χ3n) is 2.87. The Hall–Kier alpha value is -2.12. The van der Waals surface area contributed by atoms with Crippen LogP contribution in [0.25, 0.3) is 21.8 Å². The molecular formula is C13H8ClFN2O3S. The van der Waals surface area contributed by atoms with Gasteiger partial charge in [-0.1, -0.05) is 34.2 Å². The number of hydrogen-bond acceptors (Lipinski definition) is 6. The predicted molar refractivity (Wildman–Crippen MR) is 76.1 cm³/mol. The molecule has 0 fully saturated rings. The second-order valence-electron chi connectivity index (χ2n) is 4.21. The van der Waals surface area contributed by atoms with Gasteiger partial charge in [-0.15, -0.1) is 0 Å². The molecule has 0 amide bonds. The first kappa shape index (κ1) is 13.8. The highest BCUT2D eigenvalue weighted by Gasteiger charge is 2.25. The van der Waals surface area contributed by atoms with Crippen LogP contribution < -0.4 is 0 Å². The lowest BCUT2D eigenvalue weighted by molar-refractivity contribution is 0.399. The fourth-order valence-corrected chi connectivity index (χ4v) is 2.98. The van der Waals surface area contributed by atoms with E-state index in [1.165, 1.54) is 18.2 Å². The van der Waals surface area contributed by atoms with Gasteiger partial charge in [-0.25, -0.2) is 4.39 Å². The molecule has 3 rings (SSSR count). The van der Waals surface area contributed by atoms with E-state index in [1.807, 2.05) is 0 Å². The molecule has 2 aromatic heterocycles. The van der Waals surface area contributed by atoms with Gasteiger partial charge in [-0.2, -0.15) is 4.98 Å². The molecule has 1 aromatic carbocycles. The van der Waals surface area contributed by atoms with Crippen molar-refractivity contribution >= 4 is 22.9 Å². The normalized spacial score (nSPS) is 11.0. The van der Waals surface area contributed by atoms with Crippen LogP contribution in [0, 0.1) is 12.7 Å². The van der Waals surface area contributed by atoms with Crippen molar-refractivity contribution in [3.63, 3.8) is 0 Å². The molecule has 0 bridgehead atoms. The van der Waals surface area contributed by atoms with Crippen molar-refractivity contribution in [2.24, 2.45) is 0 Å². The molecule has 21 heavy (non-hydrogen) atoms. The highest BCUT2D eigenvalue weighted by atomic mass is 35.5. The molecule has 0 aliphatic heterocycles. The molecule has 0 radical (unpaired) electrons. The average molecular weight is 327 g/mol. The first-order valence-electron chi connectivity index (χ1n) is 5.78. The summed E-state index contributed by atoms with van der Waals surface area (Å²) in [5.74, 6) is -0.679. The minimum Gasteiger partial charge on any atom is -0.496 e. The molecule has 3 aromatic rings. The van der Waals surface area contributed by atoms with Gasteiger partial charge >= 0.3 is 0 Å². The van der Waals surface area contributed by atoms with Gasteiger partial charge in [0.25, 0.3) is 5.88 Å². The van der Waals surface area contributed by atoms with Crippen LogP contribution in [0.5, 0.6) is 10.9 Å². The van der Waals surface area contributed by atoms with E-state index in [9.17, 15) is 14.6 Å². The van der Waals surface area contributed by atoms with Gasteiger partial charge in [0.1, 0.15) is 22.3 Å². The van der Waals surface area contributed by atoms with Gasteiger partial charge in [0, 0.05) is 0 Å². The maximum atomic E-state index is 14.0.